The highest BCUT2D eigenvalue weighted by Gasteiger charge is 2.27. The highest BCUT2D eigenvalue weighted by molar-refractivity contribution is 5.77. The number of rotatable bonds is 10. The Morgan fingerprint density at radius 2 is 2.03 bits per heavy atom. The number of likely N-dealkylation sites (N-methyl/N-ethyl adjacent to an activating group) is 1. The molecule has 0 aliphatic carbocycles. The summed E-state index contributed by atoms with van der Waals surface area (Å²) in [4.78, 5) is 18.9. The van der Waals surface area contributed by atoms with Crippen LogP contribution in [0.15, 0.2) is 48.7 Å². The number of hydrogen-bond acceptors (Lipinski definition) is 6. The van der Waals surface area contributed by atoms with Crippen molar-refractivity contribution in [3.63, 3.8) is 0 Å². The summed E-state index contributed by atoms with van der Waals surface area (Å²) in [5, 5.41) is 11.3. The molecule has 0 saturated carbocycles. The molecule has 2 heterocycles. The molecule has 0 spiro atoms. The summed E-state index contributed by atoms with van der Waals surface area (Å²) in [7, 11) is 4.09. The van der Waals surface area contributed by atoms with Crippen molar-refractivity contribution in [2.75, 3.05) is 56.6 Å². The van der Waals surface area contributed by atoms with Gasteiger partial charge in [0, 0.05) is 51.2 Å². The van der Waals surface area contributed by atoms with E-state index in [4.69, 9.17) is 0 Å². The molecule has 29 heavy (non-hydrogen) atoms. The second kappa shape index (κ2) is 10.8. The van der Waals surface area contributed by atoms with Crippen LogP contribution >= 0.6 is 0 Å². The summed E-state index contributed by atoms with van der Waals surface area (Å²) in [5.41, 5.74) is 1.20. The van der Waals surface area contributed by atoms with Crippen LogP contribution in [-0.2, 0) is 4.79 Å². The summed E-state index contributed by atoms with van der Waals surface area (Å²) in [6.07, 6.45) is 4.89. The monoisotopic (exact) mass is 396 g/mol. The molecule has 3 rings (SSSR count). The van der Waals surface area contributed by atoms with Gasteiger partial charge in [-0.1, -0.05) is 18.2 Å². The lowest BCUT2D eigenvalue weighted by atomic mass is 10.2. The van der Waals surface area contributed by atoms with Gasteiger partial charge in [0.25, 0.3) is 0 Å². The van der Waals surface area contributed by atoms with Crippen molar-refractivity contribution in [2.24, 2.45) is 0 Å². The van der Waals surface area contributed by atoms with Gasteiger partial charge in [0.2, 0.25) is 5.91 Å². The standard InChI is InChI=1S/C22H32N6O/c1-26(17-20-11-7-16-28(20)21-12-6-14-24-25-21)18-22(29)23-13-8-15-27(2)19-9-4-3-5-10-19/h3-6,9-10,12,14,20H,7-8,11,13,15-18H2,1-2H3,(H,23,29). The lowest BCUT2D eigenvalue weighted by Gasteiger charge is -2.29. The van der Waals surface area contributed by atoms with Crippen LogP contribution in [0.25, 0.3) is 0 Å². The van der Waals surface area contributed by atoms with E-state index in [2.05, 4.69) is 49.4 Å². The molecule has 1 atom stereocenters. The van der Waals surface area contributed by atoms with Crippen LogP contribution in [0.1, 0.15) is 19.3 Å². The number of benzene rings is 1. The number of carbonyl (C=O) groups is 1. The molecule has 1 fully saturated rings. The van der Waals surface area contributed by atoms with E-state index < -0.39 is 0 Å². The fourth-order valence-electron chi connectivity index (χ4n) is 3.85. The second-order valence-electron chi connectivity index (χ2n) is 7.73. The van der Waals surface area contributed by atoms with Crippen LogP contribution in [0.2, 0.25) is 0 Å². The minimum atomic E-state index is 0.0823. The molecular formula is C22H32N6O. The van der Waals surface area contributed by atoms with Gasteiger partial charge in [0.05, 0.1) is 6.54 Å². The molecule has 7 nitrogen and oxygen atoms in total. The van der Waals surface area contributed by atoms with Crippen LogP contribution in [0.3, 0.4) is 0 Å². The van der Waals surface area contributed by atoms with E-state index in [9.17, 15) is 4.79 Å². The summed E-state index contributed by atoms with van der Waals surface area (Å²) in [6.45, 7) is 3.87. The first-order valence-electron chi connectivity index (χ1n) is 10.4. The van der Waals surface area contributed by atoms with Crippen LogP contribution in [0.4, 0.5) is 11.5 Å². The lowest BCUT2D eigenvalue weighted by molar-refractivity contribution is -0.121. The van der Waals surface area contributed by atoms with Gasteiger partial charge in [-0.2, -0.15) is 5.10 Å². The smallest absolute Gasteiger partial charge is 0.234 e. The van der Waals surface area contributed by atoms with E-state index in [0.29, 0.717) is 19.1 Å². The van der Waals surface area contributed by atoms with E-state index in [-0.39, 0.29) is 5.91 Å². The minimum Gasteiger partial charge on any atom is -0.375 e. The van der Waals surface area contributed by atoms with Crippen LogP contribution in [-0.4, -0.2) is 73.9 Å². The zero-order valence-corrected chi connectivity index (χ0v) is 17.5. The topological polar surface area (TPSA) is 64.6 Å². The maximum Gasteiger partial charge on any atom is 0.234 e. The van der Waals surface area contributed by atoms with Crippen molar-refractivity contribution < 1.29 is 4.79 Å². The van der Waals surface area contributed by atoms with Gasteiger partial charge in [-0.05, 0) is 50.6 Å². The number of hydrogen-bond donors (Lipinski definition) is 1. The van der Waals surface area contributed by atoms with Gasteiger partial charge in [-0.3, -0.25) is 9.69 Å². The average molecular weight is 397 g/mol. The van der Waals surface area contributed by atoms with Crippen LogP contribution < -0.4 is 15.1 Å². The van der Waals surface area contributed by atoms with E-state index in [1.807, 2.05) is 37.4 Å². The third-order valence-corrected chi connectivity index (χ3v) is 5.36. The molecule has 156 valence electrons. The van der Waals surface area contributed by atoms with Crippen molar-refractivity contribution in [2.45, 2.75) is 25.3 Å². The highest BCUT2D eigenvalue weighted by atomic mass is 16.2. The van der Waals surface area contributed by atoms with Gasteiger partial charge >= 0.3 is 0 Å². The maximum atomic E-state index is 12.3. The molecular weight excluding hydrogens is 364 g/mol. The van der Waals surface area contributed by atoms with Crippen molar-refractivity contribution in [3.05, 3.63) is 48.7 Å². The predicted molar refractivity (Wildman–Crippen MR) is 117 cm³/mol. The molecule has 1 aromatic carbocycles. The Hall–Kier alpha value is -2.67. The molecule has 1 aliphatic heterocycles. The summed E-state index contributed by atoms with van der Waals surface area (Å²) < 4.78 is 0. The second-order valence-corrected chi connectivity index (χ2v) is 7.73. The normalized spacial score (nSPS) is 16.2. The molecule has 0 bridgehead atoms. The number of nitrogens with zero attached hydrogens (tertiary/aromatic N) is 5. The Labute approximate surface area is 173 Å². The van der Waals surface area contributed by atoms with E-state index >= 15 is 0 Å². The van der Waals surface area contributed by atoms with E-state index in [1.54, 1.807) is 6.20 Å². The average Bonchev–Trinajstić information content (AvgIpc) is 3.20. The Kier molecular flexibility index (Phi) is 7.81. The van der Waals surface area contributed by atoms with Crippen molar-refractivity contribution in [3.8, 4) is 0 Å². The zero-order chi connectivity index (χ0) is 20.5. The summed E-state index contributed by atoms with van der Waals surface area (Å²) in [5.74, 6) is 1.01. The summed E-state index contributed by atoms with van der Waals surface area (Å²) in [6, 6.07) is 14.6. The van der Waals surface area contributed by atoms with E-state index in [1.165, 1.54) is 5.69 Å². The molecule has 1 aliphatic rings. The molecule has 1 saturated heterocycles. The molecule has 2 aromatic rings. The number of aromatic nitrogens is 2. The molecule has 1 unspecified atom stereocenters. The van der Waals surface area contributed by atoms with Crippen molar-refractivity contribution >= 4 is 17.4 Å². The van der Waals surface area contributed by atoms with Crippen molar-refractivity contribution in [1.29, 1.82) is 0 Å². The zero-order valence-electron chi connectivity index (χ0n) is 17.5. The Bertz CT molecular complexity index is 741. The number of amides is 1. The van der Waals surface area contributed by atoms with Gasteiger partial charge in [-0.15, -0.1) is 5.10 Å². The maximum absolute atomic E-state index is 12.3. The fourth-order valence-corrected chi connectivity index (χ4v) is 3.85. The number of anilines is 2. The van der Waals surface area contributed by atoms with Crippen LogP contribution in [0, 0.1) is 0 Å². The highest BCUT2D eigenvalue weighted by Crippen LogP contribution is 2.23. The third kappa shape index (κ3) is 6.42. The molecule has 1 amide bonds. The van der Waals surface area contributed by atoms with Gasteiger partial charge in [0.1, 0.15) is 0 Å². The molecule has 7 heteroatoms. The Morgan fingerprint density at radius 1 is 1.21 bits per heavy atom. The fraction of sp³-hybridized carbons (Fsp3) is 0.500. The third-order valence-electron chi connectivity index (χ3n) is 5.36. The molecule has 0 radical (unpaired) electrons. The van der Waals surface area contributed by atoms with Gasteiger partial charge in [-0.25, -0.2) is 0 Å². The molecule has 1 N–H and O–H groups in total. The Morgan fingerprint density at radius 3 is 2.79 bits per heavy atom. The quantitative estimate of drug-likeness (QED) is 0.620. The largest absolute Gasteiger partial charge is 0.375 e. The SMILES string of the molecule is CN(CC(=O)NCCCN(C)c1ccccc1)CC1CCCN1c1cccnn1. The molecule has 1 aromatic heterocycles. The number of nitrogens with one attached hydrogen (secondary N) is 1. The minimum absolute atomic E-state index is 0.0823. The Balaban J connectivity index is 1.35. The van der Waals surface area contributed by atoms with E-state index in [0.717, 1.165) is 44.7 Å². The summed E-state index contributed by atoms with van der Waals surface area (Å²) >= 11 is 0. The lowest BCUT2D eigenvalue weighted by Crippen LogP contribution is -2.43. The first-order chi connectivity index (χ1) is 14.1. The van der Waals surface area contributed by atoms with Crippen LogP contribution in [0.5, 0.6) is 0 Å². The first kappa shape index (κ1) is 21.0. The predicted octanol–water partition coefficient (Wildman–Crippen LogP) is 2.02. The first-order valence-corrected chi connectivity index (χ1v) is 10.4. The van der Waals surface area contributed by atoms with Gasteiger partial charge < -0.3 is 15.1 Å². The number of carbonyl (C=O) groups excluding carboxylic acids is 1. The van der Waals surface area contributed by atoms with Crippen molar-refractivity contribution in [1.82, 2.24) is 20.4 Å². The van der Waals surface area contributed by atoms with Gasteiger partial charge in [0.15, 0.2) is 5.82 Å². The number of para-hydroxylation sites is 1.